The summed E-state index contributed by atoms with van der Waals surface area (Å²) in [6.07, 6.45) is -0.126. The van der Waals surface area contributed by atoms with Crippen LogP contribution in [0.3, 0.4) is 0 Å². The quantitative estimate of drug-likeness (QED) is 0.859. The third-order valence-electron chi connectivity index (χ3n) is 3.71. The molecule has 0 aliphatic rings. The van der Waals surface area contributed by atoms with Gasteiger partial charge in [-0.15, -0.1) is 11.3 Å². The minimum Gasteiger partial charge on any atom is -0.481 e. The van der Waals surface area contributed by atoms with Crippen molar-refractivity contribution in [3.05, 3.63) is 45.4 Å². The Labute approximate surface area is 133 Å². The van der Waals surface area contributed by atoms with Gasteiger partial charge < -0.3 is 15.0 Å². The second-order valence-corrected chi connectivity index (χ2v) is 6.15. The van der Waals surface area contributed by atoms with Crippen molar-refractivity contribution in [1.82, 2.24) is 9.88 Å². The molecule has 0 bridgehead atoms. The number of carboxylic acid groups (broad SMARTS) is 1. The Morgan fingerprint density at radius 3 is 2.64 bits per heavy atom. The fourth-order valence-corrected chi connectivity index (χ4v) is 3.42. The molecule has 2 aromatic rings. The van der Waals surface area contributed by atoms with Gasteiger partial charge >= 0.3 is 5.97 Å². The van der Waals surface area contributed by atoms with Crippen LogP contribution in [0.1, 0.15) is 46.0 Å². The number of rotatable bonds is 6. The van der Waals surface area contributed by atoms with Crippen LogP contribution in [0.5, 0.6) is 0 Å². The monoisotopic (exact) mass is 320 g/mol. The SMILES string of the molecule is CCn1c(C)cc(C(=O)N[C@H](CC(=O)O)c2cccs2)c1C. The summed E-state index contributed by atoms with van der Waals surface area (Å²) in [5, 5.41) is 13.8. The van der Waals surface area contributed by atoms with Gasteiger partial charge in [0, 0.05) is 22.8 Å². The molecule has 0 saturated carbocycles. The van der Waals surface area contributed by atoms with E-state index in [1.165, 1.54) is 11.3 Å². The van der Waals surface area contributed by atoms with E-state index in [0.717, 1.165) is 22.8 Å². The van der Waals surface area contributed by atoms with E-state index in [2.05, 4.69) is 9.88 Å². The number of aryl methyl sites for hydroxylation is 1. The van der Waals surface area contributed by atoms with E-state index in [9.17, 15) is 9.59 Å². The van der Waals surface area contributed by atoms with E-state index in [4.69, 9.17) is 5.11 Å². The topological polar surface area (TPSA) is 71.3 Å². The van der Waals surface area contributed by atoms with Gasteiger partial charge in [-0.1, -0.05) is 6.07 Å². The van der Waals surface area contributed by atoms with Gasteiger partial charge in [-0.05, 0) is 38.3 Å². The van der Waals surface area contributed by atoms with Gasteiger partial charge in [0.1, 0.15) is 0 Å². The van der Waals surface area contributed by atoms with E-state index >= 15 is 0 Å². The van der Waals surface area contributed by atoms with Crippen LogP contribution in [0.25, 0.3) is 0 Å². The van der Waals surface area contributed by atoms with Gasteiger partial charge in [0.15, 0.2) is 0 Å². The molecule has 0 aliphatic carbocycles. The smallest absolute Gasteiger partial charge is 0.305 e. The molecule has 2 heterocycles. The Kier molecular flexibility index (Phi) is 5.03. The maximum absolute atomic E-state index is 12.5. The van der Waals surface area contributed by atoms with E-state index in [1.54, 1.807) is 0 Å². The molecule has 0 aliphatic heterocycles. The van der Waals surface area contributed by atoms with Crippen LogP contribution < -0.4 is 5.32 Å². The summed E-state index contributed by atoms with van der Waals surface area (Å²) in [6.45, 7) is 6.69. The first-order chi connectivity index (χ1) is 10.4. The summed E-state index contributed by atoms with van der Waals surface area (Å²) in [6, 6.07) is 5.04. The molecule has 22 heavy (non-hydrogen) atoms. The highest BCUT2D eigenvalue weighted by Crippen LogP contribution is 2.23. The number of aliphatic carboxylic acids is 1. The van der Waals surface area contributed by atoms with Gasteiger partial charge in [0.2, 0.25) is 0 Å². The van der Waals surface area contributed by atoms with Gasteiger partial charge in [-0.3, -0.25) is 9.59 Å². The Morgan fingerprint density at radius 2 is 2.14 bits per heavy atom. The highest BCUT2D eigenvalue weighted by atomic mass is 32.1. The predicted octanol–water partition coefficient (Wildman–Crippen LogP) is 3.13. The summed E-state index contributed by atoms with van der Waals surface area (Å²) in [4.78, 5) is 24.4. The summed E-state index contributed by atoms with van der Waals surface area (Å²) >= 11 is 1.44. The summed E-state index contributed by atoms with van der Waals surface area (Å²) in [7, 11) is 0. The summed E-state index contributed by atoms with van der Waals surface area (Å²) < 4.78 is 2.06. The maximum Gasteiger partial charge on any atom is 0.305 e. The minimum atomic E-state index is -0.933. The highest BCUT2D eigenvalue weighted by molar-refractivity contribution is 7.10. The van der Waals surface area contributed by atoms with Crippen LogP contribution in [0.2, 0.25) is 0 Å². The lowest BCUT2D eigenvalue weighted by Gasteiger charge is -2.15. The van der Waals surface area contributed by atoms with Crippen molar-refractivity contribution in [3.63, 3.8) is 0 Å². The van der Waals surface area contributed by atoms with Gasteiger partial charge in [-0.25, -0.2) is 0 Å². The van der Waals surface area contributed by atoms with Crippen LogP contribution in [0.15, 0.2) is 23.6 Å². The molecule has 1 amide bonds. The number of nitrogens with one attached hydrogen (secondary N) is 1. The lowest BCUT2D eigenvalue weighted by atomic mass is 10.1. The fraction of sp³-hybridized carbons (Fsp3) is 0.375. The Bertz CT molecular complexity index is 674. The molecule has 2 aromatic heterocycles. The average Bonchev–Trinajstić information content (AvgIpc) is 3.06. The van der Waals surface area contributed by atoms with Crippen molar-refractivity contribution in [1.29, 1.82) is 0 Å². The maximum atomic E-state index is 12.5. The zero-order chi connectivity index (χ0) is 16.3. The number of carboxylic acids is 1. The summed E-state index contributed by atoms with van der Waals surface area (Å²) in [5.74, 6) is -1.16. The number of hydrogen-bond acceptors (Lipinski definition) is 3. The summed E-state index contributed by atoms with van der Waals surface area (Å²) in [5.41, 5.74) is 2.53. The van der Waals surface area contributed by atoms with E-state index in [-0.39, 0.29) is 12.3 Å². The van der Waals surface area contributed by atoms with Gasteiger partial charge in [-0.2, -0.15) is 0 Å². The second kappa shape index (κ2) is 6.79. The normalized spacial score (nSPS) is 12.1. The molecule has 5 nitrogen and oxygen atoms in total. The molecule has 0 saturated heterocycles. The molecule has 0 spiro atoms. The van der Waals surface area contributed by atoms with Crippen LogP contribution in [0.4, 0.5) is 0 Å². The third kappa shape index (κ3) is 3.39. The van der Waals surface area contributed by atoms with Crippen molar-refractivity contribution in [2.45, 2.75) is 39.8 Å². The minimum absolute atomic E-state index is 0.126. The average molecular weight is 320 g/mol. The lowest BCUT2D eigenvalue weighted by molar-refractivity contribution is -0.137. The molecule has 0 fully saturated rings. The second-order valence-electron chi connectivity index (χ2n) is 5.17. The molecular weight excluding hydrogens is 300 g/mol. The molecule has 0 unspecified atom stereocenters. The number of nitrogens with zero attached hydrogens (tertiary/aromatic N) is 1. The van der Waals surface area contributed by atoms with Gasteiger partial charge in [0.25, 0.3) is 5.91 Å². The number of amides is 1. The largest absolute Gasteiger partial charge is 0.481 e. The van der Waals surface area contributed by atoms with Crippen LogP contribution in [-0.4, -0.2) is 21.6 Å². The molecule has 118 valence electrons. The zero-order valence-electron chi connectivity index (χ0n) is 12.9. The van der Waals surface area contributed by atoms with E-state index in [0.29, 0.717) is 5.56 Å². The third-order valence-corrected chi connectivity index (χ3v) is 4.69. The predicted molar refractivity (Wildman–Crippen MR) is 86.4 cm³/mol. The number of hydrogen-bond donors (Lipinski definition) is 2. The van der Waals surface area contributed by atoms with E-state index in [1.807, 2.05) is 44.4 Å². The highest BCUT2D eigenvalue weighted by Gasteiger charge is 2.22. The Morgan fingerprint density at radius 1 is 1.41 bits per heavy atom. The number of carbonyl (C=O) groups excluding carboxylic acids is 1. The Balaban J connectivity index is 2.23. The van der Waals surface area contributed by atoms with Crippen molar-refractivity contribution >= 4 is 23.2 Å². The van der Waals surface area contributed by atoms with Crippen molar-refractivity contribution in [2.75, 3.05) is 0 Å². The molecule has 1 atom stereocenters. The van der Waals surface area contributed by atoms with Crippen LogP contribution >= 0.6 is 11.3 Å². The Hall–Kier alpha value is -2.08. The fourth-order valence-electron chi connectivity index (χ4n) is 2.64. The molecule has 2 N–H and O–H groups in total. The zero-order valence-corrected chi connectivity index (χ0v) is 13.7. The van der Waals surface area contributed by atoms with Crippen LogP contribution in [-0.2, 0) is 11.3 Å². The van der Waals surface area contributed by atoms with Crippen LogP contribution in [0, 0.1) is 13.8 Å². The standard InChI is InChI=1S/C16H20N2O3S/c1-4-18-10(2)8-12(11(18)3)16(21)17-13(9-15(19)20)14-6-5-7-22-14/h5-8,13H,4,9H2,1-3H3,(H,17,21)(H,19,20)/t13-/m1/s1. The lowest BCUT2D eigenvalue weighted by Crippen LogP contribution is -2.30. The molecule has 6 heteroatoms. The molecule has 2 rings (SSSR count). The first-order valence-corrected chi connectivity index (χ1v) is 8.04. The van der Waals surface area contributed by atoms with Gasteiger partial charge in [0.05, 0.1) is 18.0 Å². The first kappa shape index (κ1) is 16.3. The molecular formula is C16H20N2O3S. The van der Waals surface area contributed by atoms with Crippen molar-refractivity contribution < 1.29 is 14.7 Å². The number of aromatic nitrogens is 1. The first-order valence-electron chi connectivity index (χ1n) is 7.16. The van der Waals surface area contributed by atoms with Crippen molar-refractivity contribution in [3.8, 4) is 0 Å². The number of thiophene rings is 1. The van der Waals surface area contributed by atoms with Crippen molar-refractivity contribution in [2.24, 2.45) is 0 Å². The molecule has 0 radical (unpaired) electrons. The molecule has 0 aromatic carbocycles. The van der Waals surface area contributed by atoms with E-state index < -0.39 is 12.0 Å². The number of carbonyl (C=O) groups is 2.